The molecule has 72 valence electrons. The fraction of sp³-hybridized carbons (Fsp3) is 0.250. The fourth-order valence-electron chi connectivity index (χ4n) is 1.77. The molecule has 0 saturated carbocycles. The van der Waals surface area contributed by atoms with Crippen molar-refractivity contribution in [2.75, 3.05) is 0 Å². The number of nitrogens with zero attached hydrogens (tertiary/aromatic N) is 1. The molecule has 0 fully saturated rings. The lowest BCUT2D eigenvalue weighted by atomic mass is 10.1. The van der Waals surface area contributed by atoms with E-state index in [0.717, 1.165) is 11.1 Å². The van der Waals surface area contributed by atoms with E-state index in [4.69, 9.17) is 0 Å². The highest BCUT2D eigenvalue weighted by Gasteiger charge is 2.07. The Labute approximate surface area is 83.2 Å². The van der Waals surface area contributed by atoms with Crippen LogP contribution in [-0.2, 0) is 0 Å². The summed E-state index contributed by atoms with van der Waals surface area (Å²) < 4.78 is 1.70. The van der Waals surface area contributed by atoms with Crippen molar-refractivity contribution in [3.8, 4) is 0 Å². The molecule has 1 aromatic carbocycles. The molecule has 2 aromatic rings. The highest BCUT2D eigenvalue weighted by molar-refractivity contribution is 5.93. The van der Waals surface area contributed by atoms with Gasteiger partial charge < -0.3 is 0 Å². The van der Waals surface area contributed by atoms with Gasteiger partial charge in [0.25, 0.3) is 0 Å². The molecule has 0 spiro atoms. The van der Waals surface area contributed by atoms with Crippen LogP contribution in [0.3, 0.4) is 0 Å². The van der Waals surface area contributed by atoms with Crippen molar-refractivity contribution in [3.63, 3.8) is 0 Å². The Balaban J connectivity index is 2.84. The number of rotatable bonds is 0. The lowest BCUT2D eigenvalue weighted by Gasteiger charge is -1.99. The van der Waals surface area contributed by atoms with Crippen LogP contribution in [0.2, 0.25) is 0 Å². The number of aryl methyl sites for hydroxylation is 2. The second-order valence-corrected chi connectivity index (χ2v) is 3.72. The summed E-state index contributed by atoms with van der Waals surface area (Å²) in [6, 6.07) is 6.14. The van der Waals surface area contributed by atoms with E-state index in [1.54, 1.807) is 11.5 Å². The lowest BCUT2D eigenvalue weighted by Crippen LogP contribution is -2.02. The van der Waals surface area contributed by atoms with Gasteiger partial charge in [-0.2, -0.15) is 0 Å². The number of aromatic nitrogens is 1. The summed E-state index contributed by atoms with van der Waals surface area (Å²) in [5.41, 5.74) is 3.38. The van der Waals surface area contributed by atoms with Gasteiger partial charge in [-0.1, -0.05) is 11.6 Å². The molecular formula is C12H13NO. The summed E-state index contributed by atoms with van der Waals surface area (Å²) >= 11 is 0. The van der Waals surface area contributed by atoms with E-state index < -0.39 is 0 Å². The molecule has 0 bridgehead atoms. The van der Waals surface area contributed by atoms with Gasteiger partial charge in [-0.15, -0.1) is 0 Å². The van der Waals surface area contributed by atoms with E-state index in [-0.39, 0.29) is 5.91 Å². The molecule has 1 aromatic heterocycles. The van der Waals surface area contributed by atoms with Gasteiger partial charge >= 0.3 is 0 Å². The Kier molecular flexibility index (Phi) is 1.92. The molecule has 0 aliphatic carbocycles. The first kappa shape index (κ1) is 9.00. The lowest BCUT2D eigenvalue weighted by molar-refractivity contribution is 0.0941. The van der Waals surface area contributed by atoms with Crippen LogP contribution in [0.25, 0.3) is 10.9 Å². The van der Waals surface area contributed by atoms with Crippen molar-refractivity contribution in [3.05, 3.63) is 35.5 Å². The summed E-state index contributed by atoms with van der Waals surface area (Å²) in [6.45, 7) is 5.67. The maximum atomic E-state index is 11.3. The molecule has 0 saturated heterocycles. The minimum atomic E-state index is 0.0620. The molecule has 0 atom stereocenters. The number of carbonyl (C=O) groups is 1. The average molecular weight is 187 g/mol. The van der Waals surface area contributed by atoms with Crippen LogP contribution in [0.1, 0.15) is 22.8 Å². The van der Waals surface area contributed by atoms with Crippen molar-refractivity contribution in [1.82, 2.24) is 4.57 Å². The van der Waals surface area contributed by atoms with Gasteiger partial charge in [0.15, 0.2) is 0 Å². The number of hydrogen-bond acceptors (Lipinski definition) is 1. The Morgan fingerprint density at radius 2 is 2.00 bits per heavy atom. The number of carbonyl (C=O) groups excluding carboxylic acids is 1. The predicted molar refractivity (Wildman–Crippen MR) is 57.7 cm³/mol. The van der Waals surface area contributed by atoms with Gasteiger partial charge in [-0.25, -0.2) is 0 Å². The van der Waals surface area contributed by atoms with Gasteiger partial charge in [-0.3, -0.25) is 9.36 Å². The average Bonchev–Trinajstić information content (AvgIpc) is 2.44. The molecule has 0 radical (unpaired) electrons. The minimum absolute atomic E-state index is 0.0620. The Morgan fingerprint density at radius 1 is 1.29 bits per heavy atom. The highest BCUT2D eigenvalue weighted by Crippen LogP contribution is 2.21. The Bertz CT molecular complexity index is 508. The molecule has 0 N–H and O–H groups in total. The van der Waals surface area contributed by atoms with Crippen LogP contribution in [0, 0.1) is 13.8 Å². The summed E-state index contributed by atoms with van der Waals surface area (Å²) in [6.07, 6.45) is 1.90. The molecule has 2 rings (SSSR count). The second-order valence-electron chi connectivity index (χ2n) is 3.72. The van der Waals surface area contributed by atoms with Crippen molar-refractivity contribution in [1.29, 1.82) is 0 Å². The van der Waals surface area contributed by atoms with Crippen LogP contribution in [0.15, 0.2) is 24.4 Å². The third-order valence-corrected chi connectivity index (χ3v) is 2.50. The molecular weight excluding hydrogens is 174 g/mol. The molecule has 2 nitrogen and oxygen atoms in total. The smallest absolute Gasteiger partial charge is 0.227 e. The van der Waals surface area contributed by atoms with Crippen LogP contribution in [0.5, 0.6) is 0 Å². The monoisotopic (exact) mass is 187 g/mol. The first-order valence-electron chi connectivity index (χ1n) is 4.69. The minimum Gasteiger partial charge on any atom is -0.287 e. The maximum Gasteiger partial charge on any atom is 0.227 e. The van der Waals surface area contributed by atoms with Crippen molar-refractivity contribution in [2.45, 2.75) is 20.8 Å². The van der Waals surface area contributed by atoms with E-state index in [1.165, 1.54) is 10.9 Å². The van der Waals surface area contributed by atoms with Crippen LogP contribution in [0.4, 0.5) is 0 Å². The summed E-state index contributed by atoms with van der Waals surface area (Å²) in [5, 5.41) is 1.17. The first-order chi connectivity index (χ1) is 6.59. The molecule has 1 heterocycles. The largest absolute Gasteiger partial charge is 0.287 e. The van der Waals surface area contributed by atoms with Crippen molar-refractivity contribution in [2.24, 2.45) is 0 Å². The number of fused-ring (bicyclic) bond motifs is 1. The molecule has 2 heteroatoms. The third kappa shape index (κ3) is 1.23. The van der Waals surface area contributed by atoms with E-state index >= 15 is 0 Å². The topological polar surface area (TPSA) is 22.0 Å². The van der Waals surface area contributed by atoms with E-state index in [0.29, 0.717) is 0 Å². The van der Waals surface area contributed by atoms with Gasteiger partial charge in [0.2, 0.25) is 5.91 Å². The quantitative estimate of drug-likeness (QED) is 0.621. The van der Waals surface area contributed by atoms with E-state index in [9.17, 15) is 4.79 Å². The molecule has 14 heavy (non-hydrogen) atoms. The molecule has 0 aliphatic heterocycles. The summed E-state index contributed by atoms with van der Waals surface area (Å²) in [7, 11) is 0. The fourth-order valence-corrected chi connectivity index (χ4v) is 1.77. The zero-order chi connectivity index (χ0) is 10.3. The predicted octanol–water partition coefficient (Wildman–Crippen LogP) is 2.92. The number of hydrogen-bond donors (Lipinski definition) is 0. The van der Waals surface area contributed by atoms with Crippen LogP contribution < -0.4 is 0 Å². The highest BCUT2D eigenvalue weighted by atomic mass is 16.1. The van der Waals surface area contributed by atoms with Gasteiger partial charge in [-0.05, 0) is 31.5 Å². The van der Waals surface area contributed by atoms with E-state index in [2.05, 4.69) is 13.0 Å². The summed E-state index contributed by atoms with van der Waals surface area (Å²) in [4.78, 5) is 11.3. The number of benzene rings is 1. The zero-order valence-corrected chi connectivity index (χ0v) is 8.66. The third-order valence-electron chi connectivity index (χ3n) is 2.50. The SMILES string of the molecule is CC(=O)n1cc(C)c2cc(C)ccc21. The Morgan fingerprint density at radius 3 is 2.64 bits per heavy atom. The summed E-state index contributed by atoms with van der Waals surface area (Å²) in [5.74, 6) is 0.0620. The van der Waals surface area contributed by atoms with Gasteiger partial charge in [0, 0.05) is 18.5 Å². The van der Waals surface area contributed by atoms with Gasteiger partial charge in [0.05, 0.1) is 5.52 Å². The zero-order valence-electron chi connectivity index (χ0n) is 8.66. The molecule has 0 amide bonds. The van der Waals surface area contributed by atoms with Crippen LogP contribution >= 0.6 is 0 Å². The van der Waals surface area contributed by atoms with E-state index in [1.807, 2.05) is 25.3 Å². The molecule has 0 unspecified atom stereocenters. The Hall–Kier alpha value is -1.57. The van der Waals surface area contributed by atoms with Crippen molar-refractivity contribution >= 4 is 16.8 Å². The van der Waals surface area contributed by atoms with Crippen molar-refractivity contribution < 1.29 is 4.79 Å². The normalized spacial score (nSPS) is 10.8. The van der Waals surface area contributed by atoms with Gasteiger partial charge in [0.1, 0.15) is 0 Å². The standard InChI is InChI=1S/C12H13NO/c1-8-4-5-12-11(6-8)9(2)7-13(12)10(3)14/h4-7H,1-3H3. The second kappa shape index (κ2) is 2.98. The maximum absolute atomic E-state index is 11.3. The first-order valence-corrected chi connectivity index (χ1v) is 4.69. The van der Waals surface area contributed by atoms with Crippen LogP contribution in [-0.4, -0.2) is 10.5 Å². The molecule has 0 aliphatic rings.